The molecule has 134 valence electrons. The van der Waals surface area contributed by atoms with Crippen molar-refractivity contribution in [2.24, 2.45) is 0 Å². The van der Waals surface area contributed by atoms with Gasteiger partial charge in [-0.25, -0.2) is 8.78 Å². The van der Waals surface area contributed by atoms with Crippen molar-refractivity contribution >= 4 is 11.6 Å². The second kappa shape index (κ2) is 7.35. The van der Waals surface area contributed by atoms with Crippen LogP contribution in [0.3, 0.4) is 0 Å². The Morgan fingerprint density at radius 1 is 1.15 bits per heavy atom. The highest BCUT2D eigenvalue weighted by Gasteiger charge is 2.13. The molecule has 0 saturated carbocycles. The molecule has 0 unspecified atom stereocenters. The maximum Gasteiger partial charge on any atom is 0.251 e. The molecule has 0 spiro atoms. The van der Waals surface area contributed by atoms with Crippen LogP contribution in [0.25, 0.3) is 11.3 Å². The standard InChI is InChI=1S/C19H17F2N3O2/c1-24(2)15-5-3-4-12(8-15)19(25)22-11-14-10-18(26-23-14)16-7-6-13(20)9-17(16)21/h3-10H,11H2,1-2H3,(H,22,25). The summed E-state index contributed by atoms with van der Waals surface area (Å²) in [6.45, 7) is 0.122. The number of amides is 1. The van der Waals surface area contributed by atoms with Crippen LogP contribution >= 0.6 is 0 Å². The Morgan fingerprint density at radius 2 is 1.96 bits per heavy atom. The zero-order valence-electron chi connectivity index (χ0n) is 14.3. The molecule has 1 aromatic heterocycles. The number of halogens is 2. The lowest BCUT2D eigenvalue weighted by atomic mass is 10.1. The van der Waals surface area contributed by atoms with Crippen LogP contribution < -0.4 is 10.2 Å². The van der Waals surface area contributed by atoms with Gasteiger partial charge in [0.25, 0.3) is 5.91 Å². The van der Waals surface area contributed by atoms with Crippen LogP contribution in [0.4, 0.5) is 14.5 Å². The van der Waals surface area contributed by atoms with Gasteiger partial charge in [0.1, 0.15) is 17.3 Å². The minimum atomic E-state index is -0.739. The number of benzene rings is 2. The van der Waals surface area contributed by atoms with Crippen LogP contribution in [-0.2, 0) is 6.54 Å². The Kier molecular flexibility index (Phi) is 4.97. The molecule has 1 amide bonds. The van der Waals surface area contributed by atoms with E-state index in [1.54, 1.807) is 18.2 Å². The van der Waals surface area contributed by atoms with Crippen LogP contribution in [-0.4, -0.2) is 25.2 Å². The van der Waals surface area contributed by atoms with Crippen molar-refractivity contribution in [1.82, 2.24) is 10.5 Å². The van der Waals surface area contributed by atoms with Crippen LogP contribution in [0.1, 0.15) is 16.1 Å². The molecule has 0 saturated heterocycles. The minimum absolute atomic E-state index is 0.107. The van der Waals surface area contributed by atoms with E-state index in [2.05, 4.69) is 10.5 Å². The largest absolute Gasteiger partial charge is 0.378 e. The molecule has 1 N–H and O–H groups in total. The summed E-state index contributed by atoms with van der Waals surface area (Å²) in [5.74, 6) is -1.50. The van der Waals surface area contributed by atoms with Crippen molar-refractivity contribution in [3.8, 4) is 11.3 Å². The second-order valence-corrected chi connectivity index (χ2v) is 5.93. The lowest BCUT2D eigenvalue weighted by Crippen LogP contribution is -2.23. The molecule has 0 fully saturated rings. The van der Waals surface area contributed by atoms with E-state index in [0.29, 0.717) is 11.3 Å². The zero-order valence-corrected chi connectivity index (χ0v) is 14.3. The van der Waals surface area contributed by atoms with Gasteiger partial charge in [-0.05, 0) is 30.3 Å². The average Bonchev–Trinajstić information content (AvgIpc) is 3.08. The Balaban J connectivity index is 1.68. The number of nitrogens with one attached hydrogen (secondary N) is 1. The zero-order chi connectivity index (χ0) is 18.7. The van der Waals surface area contributed by atoms with Crippen molar-refractivity contribution in [2.45, 2.75) is 6.54 Å². The summed E-state index contributed by atoms with van der Waals surface area (Å²) >= 11 is 0. The summed E-state index contributed by atoms with van der Waals surface area (Å²) in [5, 5.41) is 6.55. The molecule has 3 aromatic rings. The maximum atomic E-state index is 13.8. The minimum Gasteiger partial charge on any atom is -0.378 e. The molecule has 0 aliphatic carbocycles. The first-order valence-electron chi connectivity index (χ1n) is 7.90. The van der Waals surface area contributed by atoms with E-state index in [1.165, 1.54) is 12.1 Å². The van der Waals surface area contributed by atoms with Gasteiger partial charge in [-0.1, -0.05) is 11.2 Å². The molecule has 0 bridgehead atoms. The third kappa shape index (κ3) is 3.88. The first-order valence-corrected chi connectivity index (χ1v) is 7.90. The summed E-state index contributed by atoms with van der Waals surface area (Å²) in [6.07, 6.45) is 0. The predicted molar refractivity (Wildman–Crippen MR) is 93.8 cm³/mol. The summed E-state index contributed by atoms with van der Waals surface area (Å²) in [5.41, 5.74) is 1.97. The van der Waals surface area contributed by atoms with E-state index >= 15 is 0 Å². The number of carbonyl (C=O) groups excluding carboxylic acids is 1. The van der Waals surface area contributed by atoms with Crippen molar-refractivity contribution < 1.29 is 18.1 Å². The molecule has 0 atom stereocenters. The van der Waals surface area contributed by atoms with Crippen molar-refractivity contribution in [1.29, 1.82) is 0 Å². The van der Waals surface area contributed by atoms with Gasteiger partial charge >= 0.3 is 0 Å². The van der Waals surface area contributed by atoms with E-state index in [0.717, 1.165) is 17.8 Å². The highest BCUT2D eigenvalue weighted by molar-refractivity contribution is 5.95. The van der Waals surface area contributed by atoms with Gasteiger partial charge in [0.2, 0.25) is 0 Å². The summed E-state index contributed by atoms with van der Waals surface area (Å²) < 4.78 is 31.9. The fraction of sp³-hybridized carbons (Fsp3) is 0.158. The third-order valence-electron chi connectivity index (χ3n) is 3.81. The molecule has 7 heteroatoms. The average molecular weight is 357 g/mol. The lowest BCUT2D eigenvalue weighted by molar-refractivity contribution is 0.0950. The van der Waals surface area contributed by atoms with Crippen LogP contribution in [0, 0.1) is 11.6 Å². The lowest BCUT2D eigenvalue weighted by Gasteiger charge is -2.13. The van der Waals surface area contributed by atoms with Crippen LogP contribution in [0.15, 0.2) is 53.1 Å². The molecular weight excluding hydrogens is 340 g/mol. The fourth-order valence-electron chi connectivity index (χ4n) is 2.41. The van der Waals surface area contributed by atoms with Gasteiger partial charge < -0.3 is 14.7 Å². The monoisotopic (exact) mass is 357 g/mol. The first-order chi connectivity index (χ1) is 12.4. The molecule has 26 heavy (non-hydrogen) atoms. The Morgan fingerprint density at radius 3 is 2.69 bits per heavy atom. The van der Waals surface area contributed by atoms with Crippen molar-refractivity contribution in [3.05, 3.63) is 71.4 Å². The number of anilines is 1. The highest BCUT2D eigenvalue weighted by Crippen LogP contribution is 2.24. The fourth-order valence-corrected chi connectivity index (χ4v) is 2.41. The van der Waals surface area contributed by atoms with Crippen LogP contribution in [0.5, 0.6) is 0 Å². The van der Waals surface area contributed by atoms with E-state index in [-0.39, 0.29) is 23.8 Å². The first kappa shape index (κ1) is 17.6. The molecule has 1 heterocycles. The van der Waals surface area contributed by atoms with E-state index < -0.39 is 11.6 Å². The Hall–Kier alpha value is -3.22. The number of nitrogens with zero attached hydrogens (tertiary/aromatic N) is 2. The van der Waals surface area contributed by atoms with Gasteiger partial charge in [0.15, 0.2) is 5.76 Å². The van der Waals surface area contributed by atoms with Gasteiger partial charge in [-0.15, -0.1) is 0 Å². The Labute approximate surface area is 149 Å². The SMILES string of the molecule is CN(C)c1cccc(C(=O)NCc2cc(-c3ccc(F)cc3F)on2)c1. The third-order valence-corrected chi connectivity index (χ3v) is 3.81. The summed E-state index contributed by atoms with van der Waals surface area (Å²) in [4.78, 5) is 14.2. The van der Waals surface area contributed by atoms with E-state index in [1.807, 2.05) is 25.1 Å². The maximum absolute atomic E-state index is 13.8. The number of aromatic nitrogens is 1. The van der Waals surface area contributed by atoms with Gasteiger partial charge in [0, 0.05) is 37.5 Å². The molecule has 0 aliphatic heterocycles. The van der Waals surface area contributed by atoms with Crippen molar-refractivity contribution in [2.75, 3.05) is 19.0 Å². The summed E-state index contributed by atoms with van der Waals surface area (Å²) in [7, 11) is 3.78. The molecule has 5 nitrogen and oxygen atoms in total. The van der Waals surface area contributed by atoms with Gasteiger partial charge in [-0.2, -0.15) is 0 Å². The smallest absolute Gasteiger partial charge is 0.251 e. The van der Waals surface area contributed by atoms with Gasteiger partial charge in [-0.3, -0.25) is 4.79 Å². The number of carbonyl (C=O) groups is 1. The number of hydrogen-bond donors (Lipinski definition) is 1. The van der Waals surface area contributed by atoms with E-state index in [4.69, 9.17) is 4.52 Å². The normalized spacial score (nSPS) is 10.6. The summed E-state index contributed by atoms with van der Waals surface area (Å²) in [6, 6.07) is 11.9. The molecule has 0 aliphatic rings. The van der Waals surface area contributed by atoms with Crippen molar-refractivity contribution in [3.63, 3.8) is 0 Å². The van der Waals surface area contributed by atoms with E-state index in [9.17, 15) is 13.6 Å². The number of hydrogen-bond acceptors (Lipinski definition) is 4. The number of rotatable bonds is 5. The van der Waals surface area contributed by atoms with Gasteiger partial charge in [0.05, 0.1) is 12.1 Å². The Bertz CT molecular complexity index is 938. The molecular formula is C19H17F2N3O2. The highest BCUT2D eigenvalue weighted by atomic mass is 19.1. The predicted octanol–water partition coefficient (Wildman–Crippen LogP) is 3.62. The molecule has 3 rings (SSSR count). The molecule has 2 aromatic carbocycles. The topological polar surface area (TPSA) is 58.4 Å². The molecule has 0 radical (unpaired) electrons. The quantitative estimate of drug-likeness (QED) is 0.758. The van der Waals surface area contributed by atoms with Crippen LogP contribution in [0.2, 0.25) is 0 Å². The second-order valence-electron chi connectivity index (χ2n) is 5.93.